The van der Waals surface area contributed by atoms with Crippen LogP contribution in [0.4, 0.5) is 5.69 Å². The number of piperazine rings is 1. The minimum Gasteiger partial charge on any atom is -0.369 e. The first-order chi connectivity index (χ1) is 13.5. The van der Waals surface area contributed by atoms with E-state index in [1.165, 1.54) is 11.1 Å². The molecule has 2 aliphatic rings. The number of benzene rings is 2. The Balaban J connectivity index is 1.33. The Morgan fingerprint density at radius 2 is 1.75 bits per heavy atom. The number of fused-ring (bicyclic) bond motifs is 2. The van der Waals surface area contributed by atoms with Gasteiger partial charge < -0.3 is 9.88 Å². The maximum atomic E-state index is 13.1. The maximum absolute atomic E-state index is 13.1. The molecule has 0 radical (unpaired) electrons. The van der Waals surface area contributed by atoms with E-state index < -0.39 is 10.0 Å². The zero-order valence-corrected chi connectivity index (χ0v) is 16.8. The van der Waals surface area contributed by atoms with Crippen LogP contribution in [0, 0.1) is 6.92 Å². The van der Waals surface area contributed by atoms with Gasteiger partial charge in [-0.05, 0) is 67.6 Å². The smallest absolute Gasteiger partial charge is 0.243 e. The standard InChI is InChI=1S/C21H24N4O2S/c1-15-22-20-8-6-18(14-21(20)23-15)24-9-11-25(12-10-24)28(26,27)19-7-5-16-3-2-4-17(16)13-19/h5-8,13-14H,2-4,9-12H2,1H3,(H,22,23). The second-order valence-electron chi connectivity index (χ2n) is 7.70. The quantitative estimate of drug-likeness (QED) is 0.739. The molecule has 1 fully saturated rings. The van der Waals surface area contributed by atoms with Crippen LogP contribution in [0.15, 0.2) is 41.3 Å². The fraction of sp³-hybridized carbons (Fsp3) is 0.381. The highest BCUT2D eigenvalue weighted by molar-refractivity contribution is 7.89. The van der Waals surface area contributed by atoms with E-state index in [4.69, 9.17) is 0 Å². The van der Waals surface area contributed by atoms with Gasteiger partial charge in [0.25, 0.3) is 0 Å². The molecule has 1 N–H and O–H groups in total. The van der Waals surface area contributed by atoms with Crippen LogP contribution in [-0.2, 0) is 22.9 Å². The van der Waals surface area contributed by atoms with Crippen molar-refractivity contribution in [2.24, 2.45) is 0 Å². The largest absolute Gasteiger partial charge is 0.369 e. The lowest BCUT2D eigenvalue weighted by Gasteiger charge is -2.35. The van der Waals surface area contributed by atoms with E-state index in [0.29, 0.717) is 31.1 Å². The Bertz CT molecular complexity index is 1140. The molecular formula is C21H24N4O2S. The first-order valence-electron chi connectivity index (χ1n) is 9.84. The summed E-state index contributed by atoms with van der Waals surface area (Å²) in [6.07, 6.45) is 3.17. The lowest BCUT2D eigenvalue weighted by Crippen LogP contribution is -2.48. The lowest BCUT2D eigenvalue weighted by atomic mass is 10.1. The van der Waals surface area contributed by atoms with Crippen molar-refractivity contribution < 1.29 is 8.42 Å². The molecule has 0 spiro atoms. The summed E-state index contributed by atoms with van der Waals surface area (Å²) in [6.45, 7) is 4.31. The van der Waals surface area contributed by atoms with Gasteiger partial charge in [0.2, 0.25) is 10.0 Å². The molecule has 5 rings (SSSR count). The average Bonchev–Trinajstić information content (AvgIpc) is 3.32. The molecule has 0 saturated carbocycles. The van der Waals surface area contributed by atoms with Crippen molar-refractivity contribution in [3.05, 3.63) is 53.3 Å². The molecular weight excluding hydrogens is 372 g/mol. The number of H-pyrrole nitrogens is 1. The second-order valence-corrected chi connectivity index (χ2v) is 9.64. The van der Waals surface area contributed by atoms with E-state index >= 15 is 0 Å². The number of imidazole rings is 1. The number of aromatic amines is 1. The second kappa shape index (κ2) is 6.60. The molecule has 28 heavy (non-hydrogen) atoms. The van der Waals surface area contributed by atoms with E-state index in [1.807, 2.05) is 25.1 Å². The summed E-state index contributed by atoms with van der Waals surface area (Å²) >= 11 is 0. The van der Waals surface area contributed by atoms with E-state index in [-0.39, 0.29) is 0 Å². The molecule has 1 aliphatic heterocycles. The normalized spacial score (nSPS) is 18.0. The van der Waals surface area contributed by atoms with Crippen LogP contribution in [0.1, 0.15) is 23.4 Å². The topological polar surface area (TPSA) is 69.3 Å². The van der Waals surface area contributed by atoms with Crippen molar-refractivity contribution in [1.82, 2.24) is 14.3 Å². The number of anilines is 1. The highest BCUT2D eigenvalue weighted by Gasteiger charge is 2.29. The minimum absolute atomic E-state index is 0.441. The van der Waals surface area contributed by atoms with Crippen molar-refractivity contribution in [2.45, 2.75) is 31.1 Å². The Morgan fingerprint density at radius 3 is 2.57 bits per heavy atom. The number of aromatic nitrogens is 2. The zero-order chi connectivity index (χ0) is 19.3. The lowest BCUT2D eigenvalue weighted by molar-refractivity contribution is 0.385. The predicted molar refractivity (Wildman–Crippen MR) is 110 cm³/mol. The summed E-state index contributed by atoms with van der Waals surface area (Å²) < 4.78 is 27.8. The maximum Gasteiger partial charge on any atom is 0.243 e. The minimum atomic E-state index is -3.43. The summed E-state index contributed by atoms with van der Waals surface area (Å²) in [5.41, 5.74) is 5.57. The molecule has 146 valence electrons. The van der Waals surface area contributed by atoms with Gasteiger partial charge in [-0.15, -0.1) is 0 Å². The van der Waals surface area contributed by atoms with Crippen LogP contribution < -0.4 is 4.90 Å². The summed E-state index contributed by atoms with van der Waals surface area (Å²) in [5, 5.41) is 0. The number of rotatable bonds is 3. The van der Waals surface area contributed by atoms with Crippen LogP contribution in [0.3, 0.4) is 0 Å². The van der Waals surface area contributed by atoms with Gasteiger partial charge >= 0.3 is 0 Å². The highest BCUT2D eigenvalue weighted by atomic mass is 32.2. The van der Waals surface area contributed by atoms with Crippen molar-refractivity contribution in [3.63, 3.8) is 0 Å². The van der Waals surface area contributed by atoms with Gasteiger partial charge in [0, 0.05) is 31.9 Å². The third kappa shape index (κ3) is 2.99. The number of nitrogens with zero attached hydrogens (tertiary/aromatic N) is 3. The van der Waals surface area contributed by atoms with Gasteiger partial charge in [0.15, 0.2) is 0 Å². The Kier molecular flexibility index (Phi) is 4.17. The molecule has 2 heterocycles. The van der Waals surface area contributed by atoms with Crippen LogP contribution >= 0.6 is 0 Å². The molecule has 6 nitrogen and oxygen atoms in total. The van der Waals surface area contributed by atoms with Crippen LogP contribution in [0.5, 0.6) is 0 Å². The number of sulfonamides is 1. The molecule has 7 heteroatoms. The van der Waals surface area contributed by atoms with Gasteiger partial charge in [-0.25, -0.2) is 13.4 Å². The van der Waals surface area contributed by atoms with E-state index in [0.717, 1.165) is 41.8 Å². The highest BCUT2D eigenvalue weighted by Crippen LogP contribution is 2.28. The molecule has 0 amide bonds. The van der Waals surface area contributed by atoms with Gasteiger partial charge in [0.05, 0.1) is 15.9 Å². The number of aryl methyl sites for hydroxylation is 3. The van der Waals surface area contributed by atoms with Crippen molar-refractivity contribution in [3.8, 4) is 0 Å². The third-order valence-corrected chi connectivity index (χ3v) is 7.79. The molecule has 1 saturated heterocycles. The number of hydrogen-bond acceptors (Lipinski definition) is 4. The molecule has 1 aromatic heterocycles. The van der Waals surface area contributed by atoms with Crippen molar-refractivity contribution >= 4 is 26.7 Å². The van der Waals surface area contributed by atoms with Crippen molar-refractivity contribution in [2.75, 3.05) is 31.1 Å². The number of hydrogen-bond donors (Lipinski definition) is 1. The fourth-order valence-corrected chi connectivity index (χ4v) is 5.84. The fourth-order valence-electron chi connectivity index (χ4n) is 4.37. The molecule has 0 atom stereocenters. The van der Waals surface area contributed by atoms with E-state index in [2.05, 4.69) is 27.0 Å². The monoisotopic (exact) mass is 396 g/mol. The molecule has 2 aromatic carbocycles. The van der Waals surface area contributed by atoms with E-state index in [9.17, 15) is 8.42 Å². The van der Waals surface area contributed by atoms with E-state index in [1.54, 1.807) is 10.4 Å². The third-order valence-electron chi connectivity index (χ3n) is 5.90. The van der Waals surface area contributed by atoms with Crippen LogP contribution in [-0.4, -0.2) is 48.9 Å². The Labute approximate surface area is 165 Å². The first kappa shape index (κ1) is 17.7. The van der Waals surface area contributed by atoms with Crippen LogP contribution in [0.25, 0.3) is 11.0 Å². The zero-order valence-electron chi connectivity index (χ0n) is 16.0. The van der Waals surface area contributed by atoms with Crippen molar-refractivity contribution in [1.29, 1.82) is 0 Å². The average molecular weight is 397 g/mol. The SMILES string of the molecule is Cc1nc2ccc(N3CCN(S(=O)(=O)c4ccc5c(c4)CCC5)CC3)cc2[nH]1. The Hall–Kier alpha value is -2.38. The first-order valence-corrected chi connectivity index (χ1v) is 11.3. The Morgan fingerprint density at radius 1 is 0.964 bits per heavy atom. The van der Waals surface area contributed by atoms with Gasteiger partial charge in [-0.3, -0.25) is 0 Å². The molecule has 0 unspecified atom stereocenters. The molecule has 3 aromatic rings. The summed E-state index contributed by atoms with van der Waals surface area (Å²) in [7, 11) is -3.43. The summed E-state index contributed by atoms with van der Waals surface area (Å²) in [6, 6.07) is 11.8. The summed E-state index contributed by atoms with van der Waals surface area (Å²) in [5.74, 6) is 0.900. The van der Waals surface area contributed by atoms with Gasteiger partial charge in [-0.2, -0.15) is 4.31 Å². The predicted octanol–water partition coefficient (Wildman–Crippen LogP) is 2.87. The van der Waals surface area contributed by atoms with Crippen LogP contribution in [0.2, 0.25) is 0 Å². The molecule has 0 bridgehead atoms. The van der Waals surface area contributed by atoms with Gasteiger partial charge in [0.1, 0.15) is 5.82 Å². The molecule has 1 aliphatic carbocycles. The van der Waals surface area contributed by atoms with Gasteiger partial charge in [-0.1, -0.05) is 6.07 Å². The number of nitrogens with one attached hydrogen (secondary N) is 1. The summed E-state index contributed by atoms with van der Waals surface area (Å²) in [4.78, 5) is 10.4.